The summed E-state index contributed by atoms with van der Waals surface area (Å²) >= 11 is 5.90. The van der Waals surface area contributed by atoms with Crippen molar-refractivity contribution in [2.24, 2.45) is 0 Å². The molecule has 0 spiro atoms. The van der Waals surface area contributed by atoms with Gasteiger partial charge in [-0.1, -0.05) is 17.7 Å². The highest BCUT2D eigenvalue weighted by Gasteiger charge is 2.31. The van der Waals surface area contributed by atoms with E-state index in [0.29, 0.717) is 54.6 Å². The smallest absolute Gasteiger partial charge is 0.416 e. The number of alkyl halides is 3. The fourth-order valence-electron chi connectivity index (χ4n) is 4.48. The van der Waals surface area contributed by atoms with Gasteiger partial charge in [-0.2, -0.15) is 13.2 Å². The van der Waals surface area contributed by atoms with Crippen LogP contribution in [0, 0.1) is 0 Å². The van der Waals surface area contributed by atoms with Gasteiger partial charge in [0.15, 0.2) is 0 Å². The maximum Gasteiger partial charge on any atom is 0.416 e. The van der Waals surface area contributed by atoms with Gasteiger partial charge < -0.3 is 20.0 Å². The van der Waals surface area contributed by atoms with Crippen molar-refractivity contribution in [1.82, 2.24) is 14.7 Å². The quantitative estimate of drug-likeness (QED) is 0.467. The highest BCUT2D eigenvalue weighted by atomic mass is 35.5. The molecular weight excluding hydrogens is 565 g/mol. The molecule has 41 heavy (non-hydrogen) atoms. The monoisotopic (exact) mass is 596 g/mol. The number of aliphatic carboxylic acids is 2. The molecule has 1 amide bonds. The SMILES string of the molecule is O=C(O)/C=C/C(=O)O.O=C(c1ccc(Cl)cc1)N1CCN(CCN2CCN(c3cccc(C(F)(F)F)c3)CC2)CC1. The van der Waals surface area contributed by atoms with Crippen molar-refractivity contribution in [3.63, 3.8) is 0 Å². The number of halogens is 4. The molecule has 0 unspecified atom stereocenters. The largest absolute Gasteiger partial charge is 0.478 e. The van der Waals surface area contributed by atoms with Crippen molar-refractivity contribution in [1.29, 1.82) is 0 Å². The minimum absolute atomic E-state index is 0.0389. The van der Waals surface area contributed by atoms with E-state index >= 15 is 0 Å². The van der Waals surface area contributed by atoms with Crippen LogP contribution in [0.25, 0.3) is 0 Å². The van der Waals surface area contributed by atoms with Crippen LogP contribution in [0.2, 0.25) is 5.02 Å². The number of anilines is 1. The van der Waals surface area contributed by atoms with Crippen LogP contribution >= 0.6 is 11.6 Å². The van der Waals surface area contributed by atoms with Crippen molar-refractivity contribution in [2.45, 2.75) is 6.18 Å². The summed E-state index contributed by atoms with van der Waals surface area (Å²) in [6, 6.07) is 12.6. The molecule has 0 radical (unpaired) electrons. The van der Waals surface area contributed by atoms with E-state index in [1.165, 1.54) is 12.1 Å². The lowest BCUT2D eigenvalue weighted by molar-refractivity contribution is -0.137. The Morgan fingerprint density at radius 3 is 1.78 bits per heavy atom. The first-order valence-electron chi connectivity index (χ1n) is 13.0. The molecule has 4 rings (SSSR count). The van der Waals surface area contributed by atoms with Gasteiger partial charge in [-0.25, -0.2) is 9.59 Å². The molecule has 2 fully saturated rings. The predicted octanol–water partition coefficient (Wildman–Crippen LogP) is 3.65. The Morgan fingerprint density at radius 2 is 1.29 bits per heavy atom. The molecule has 0 bridgehead atoms. The topological polar surface area (TPSA) is 105 Å². The molecule has 2 saturated heterocycles. The van der Waals surface area contributed by atoms with E-state index in [-0.39, 0.29) is 5.91 Å². The molecule has 2 heterocycles. The third-order valence-electron chi connectivity index (χ3n) is 6.76. The van der Waals surface area contributed by atoms with Crippen LogP contribution in [0.5, 0.6) is 0 Å². The number of carboxylic acid groups (broad SMARTS) is 2. The van der Waals surface area contributed by atoms with Crippen LogP contribution in [0.4, 0.5) is 18.9 Å². The van der Waals surface area contributed by atoms with E-state index in [9.17, 15) is 27.6 Å². The van der Waals surface area contributed by atoms with Crippen LogP contribution in [0.15, 0.2) is 60.7 Å². The summed E-state index contributed by atoms with van der Waals surface area (Å²) in [7, 11) is 0. The number of carbonyl (C=O) groups excluding carboxylic acids is 1. The van der Waals surface area contributed by atoms with E-state index in [1.807, 2.05) is 9.80 Å². The summed E-state index contributed by atoms with van der Waals surface area (Å²) < 4.78 is 39.0. The number of carbonyl (C=O) groups is 3. The lowest BCUT2D eigenvalue weighted by Crippen LogP contribution is -2.52. The second-order valence-electron chi connectivity index (χ2n) is 9.53. The Morgan fingerprint density at radius 1 is 0.780 bits per heavy atom. The first-order valence-corrected chi connectivity index (χ1v) is 13.4. The summed E-state index contributed by atoms with van der Waals surface area (Å²) in [6.45, 7) is 7.99. The fraction of sp³-hybridized carbons (Fsp3) is 0.393. The normalized spacial score (nSPS) is 16.8. The molecule has 2 aliphatic heterocycles. The van der Waals surface area contributed by atoms with E-state index in [1.54, 1.807) is 30.3 Å². The Kier molecular flexibility index (Phi) is 11.6. The Bertz CT molecular complexity index is 1190. The predicted molar refractivity (Wildman–Crippen MR) is 148 cm³/mol. The maximum absolute atomic E-state index is 13.0. The van der Waals surface area contributed by atoms with Crippen molar-refractivity contribution in [3.8, 4) is 0 Å². The van der Waals surface area contributed by atoms with Crippen LogP contribution in [0.1, 0.15) is 15.9 Å². The standard InChI is InChI=1S/C24H28ClF3N4O.C4H4O4/c25-21-6-4-19(5-7-21)23(33)32-16-12-30(13-17-32)9-8-29-10-14-31(15-11-29)22-3-1-2-20(18-22)24(26,27)28;5-3(6)1-2-4(7)8/h1-7,18H,8-17H2;1-2H,(H,5,6)(H,7,8)/b;2-1+. The van der Waals surface area contributed by atoms with Gasteiger partial charge in [0.25, 0.3) is 5.91 Å². The second kappa shape index (κ2) is 14.9. The van der Waals surface area contributed by atoms with Crippen LogP contribution in [0.3, 0.4) is 0 Å². The van der Waals surface area contributed by atoms with Gasteiger partial charge in [-0.05, 0) is 42.5 Å². The van der Waals surface area contributed by atoms with Crippen LogP contribution < -0.4 is 4.90 Å². The number of benzene rings is 2. The third-order valence-corrected chi connectivity index (χ3v) is 7.01. The number of rotatable bonds is 7. The molecule has 0 saturated carbocycles. The number of amides is 1. The Balaban J connectivity index is 0.000000507. The molecule has 2 N–H and O–H groups in total. The number of hydrogen-bond donors (Lipinski definition) is 2. The molecule has 222 valence electrons. The van der Waals surface area contributed by atoms with Gasteiger partial charge in [0, 0.05) is 93.9 Å². The van der Waals surface area contributed by atoms with Gasteiger partial charge in [-0.15, -0.1) is 0 Å². The van der Waals surface area contributed by atoms with Crippen LogP contribution in [-0.2, 0) is 15.8 Å². The minimum atomic E-state index is -4.32. The van der Waals surface area contributed by atoms with Crippen molar-refractivity contribution >= 4 is 35.1 Å². The molecule has 9 nitrogen and oxygen atoms in total. The van der Waals surface area contributed by atoms with Gasteiger partial charge >= 0.3 is 18.1 Å². The van der Waals surface area contributed by atoms with E-state index in [0.717, 1.165) is 45.3 Å². The molecule has 2 aromatic carbocycles. The summed E-state index contributed by atoms with van der Waals surface area (Å²) in [5.41, 5.74) is 0.688. The van der Waals surface area contributed by atoms with Crippen molar-refractivity contribution in [2.75, 3.05) is 70.3 Å². The highest BCUT2D eigenvalue weighted by Crippen LogP contribution is 2.31. The van der Waals surface area contributed by atoms with Crippen molar-refractivity contribution in [3.05, 3.63) is 76.8 Å². The summed E-state index contributed by atoms with van der Waals surface area (Å²) in [6.07, 6.45) is -3.20. The van der Waals surface area contributed by atoms with Crippen molar-refractivity contribution < 1.29 is 37.8 Å². The molecule has 2 aliphatic rings. The van der Waals surface area contributed by atoms with Gasteiger partial charge in [-0.3, -0.25) is 14.6 Å². The summed E-state index contributed by atoms with van der Waals surface area (Å²) in [5, 5.41) is 16.2. The lowest BCUT2D eigenvalue weighted by atomic mass is 10.1. The Labute approximate surface area is 241 Å². The lowest BCUT2D eigenvalue weighted by Gasteiger charge is -2.39. The summed E-state index contributed by atoms with van der Waals surface area (Å²) in [4.78, 5) is 40.4. The molecule has 0 aliphatic carbocycles. The first kappa shape index (κ1) is 31.9. The zero-order valence-electron chi connectivity index (χ0n) is 22.3. The highest BCUT2D eigenvalue weighted by molar-refractivity contribution is 6.30. The van der Waals surface area contributed by atoms with Gasteiger partial charge in [0.2, 0.25) is 0 Å². The van der Waals surface area contributed by atoms with E-state index in [2.05, 4.69) is 9.80 Å². The summed E-state index contributed by atoms with van der Waals surface area (Å²) in [5.74, 6) is -2.48. The zero-order valence-corrected chi connectivity index (χ0v) is 23.0. The molecule has 2 aromatic rings. The van der Waals surface area contributed by atoms with E-state index < -0.39 is 23.7 Å². The number of piperazine rings is 2. The molecule has 0 aromatic heterocycles. The molecule has 0 atom stereocenters. The molecule has 13 heteroatoms. The number of nitrogens with zero attached hydrogens (tertiary/aromatic N) is 4. The fourth-order valence-corrected chi connectivity index (χ4v) is 4.61. The second-order valence-corrected chi connectivity index (χ2v) is 9.96. The minimum Gasteiger partial charge on any atom is -0.478 e. The average molecular weight is 597 g/mol. The third kappa shape index (κ3) is 10.4. The van der Waals surface area contributed by atoms with E-state index in [4.69, 9.17) is 21.8 Å². The number of carboxylic acids is 2. The number of hydrogen-bond acceptors (Lipinski definition) is 6. The van der Waals surface area contributed by atoms with Gasteiger partial charge in [0.05, 0.1) is 5.56 Å². The van der Waals surface area contributed by atoms with Gasteiger partial charge in [0.1, 0.15) is 0 Å². The Hall–Kier alpha value is -3.61. The molecular formula is C28H32ClF3N4O5. The first-order chi connectivity index (χ1) is 19.4. The zero-order chi connectivity index (χ0) is 30.0. The van der Waals surface area contributed by atoms with Crippen LogP contribution in [-0.4, -0.2) is 108 Å². The average Bonchev–Trinajstić information content (AvgIpc) is 2.95. The maximum atomic E-state index is 13.0.